The highest BCUT2D eigenvalue weighted by atomic mass is 16.5. The standard InChI is InChI=1S/C26H31N3O2/c30-25(19-29-14-11-23-7-1-2-8-24(23)18-29)20-31-26-9-3-5-22(15-26)17-28-13-10-21-6-4-12-27-16-21/h1-9,12,15-16,25,28,30H,10-11,13-14,17-20H2/t25-/m1/s1. The summed E-state index contributed by atoms with van der Waals surface area (Å²) < 4.78 is 5.88. The fourth-order valence-electron chi connectivity index (χ4n) is 4.01. The number of hydrogen-bond donors (Lipinski definition) is 2. The van der Waals surface area contributed by atoms with Gasteiger partial charge >= 0.3 is 0 Å². The summed E-state index contributed by atoms with van der Waals surface area (Å²) in [7, 11) is 0. The minimum absolute atomic E-state index is 0.302. The largest absolute Gasteiger partial charge is 0.491 e. The van der Waals surface area contributed by atoms with E-state index in [1.807, 2.05) is 30.5 Å². The second-order valence-electron chi connectivity index (χ2n) is 8.15. The third kappa shape index (κ3) is 6.62. The van der Waals surface area contributed by atoms with Crippen molar-refractivity contribution in [3.05, 3.63) is 95.3 Å². The Morgan fingerprint density at radius 1 is 1.03 bits per heavy atom. The number of pyridine rings is 1. The van der Waals surface area contributed by atoms with Crippen LogP contribution in [0.25, 0.3) is 0 Å². The molecule has 5 nitrogen and oxygen atoms in total. The van der Waals surface area contributed by atoms with Gasteiger partial charge in [0.1, 0.15) is 18.5 Å². The fraction of sp³-hybridized carbons (Fsp3) is 0.346. The van der Waals surface area contributed by atoms with E-state index < -0.39 is 6.10 Å². The summed E-state index contributed by atoms with van der Waals surface area (Å²) in [6, 6.07) is 20.7. The van der Waals surface area contributed by atoms with E-state index in [9.17, 15) is 5.11 Å². The number of nitrogens with zero attached hydrogens (tertiary/aromatic N) is 2. The first-order valence-electron chi connectivity index (χ1n) is 11.0. The van der Waals surface area contributed by atoms with Crippen LogP contribution in [0.1, 0.15) is 22.3 Å². The van der Waals surface area contributed by atoms with E-state index in [-0.39, 0.29) is 0 Å². The molecule has 0 spiro atoms. The number of nitrogens with one attached hydrogen (secondary N) is 1. The zero-order valence-corrected chi connectivity index (χ0v) is 17.9. The molecule has 0 radical (unpaired) electrons. The molecule has 5 heteroatoms. The lowest BCUT2D eigenvalue weighted by atomic mass is 10.00. The van der Waals surface area contributed by atoms with Crippen LogP contribution in [0, 0.1) is 0 Å². The van der Waals surface area contributed by atoms with Gasteiger partial charge < -0.3 is 15.2 Å². The molecule has 1 aliphatic rings. The molecule has 0 saturated heterocycles. The average molecular weight is 418 g/mol. The molecule has 4 rings (SSSR count). The van der Waals surface area contributed by atoms with E-state index >= 15 is 0 Å². The van der Waals surface area contributed by atoms with Crippen LogP contribution in [-0.2, 0) is 25.9 Å². The molecule has 162 valence electrons. The summed E-state index contributed by atoms with van der Waals surface area (Å²) in [6.07, 6.45) is 5.19. The van der Waals surface area contributed by atoms with Gasteiger partial charge in [-0.2, -0.15) is 0 Å². The number of ether oxygens (including phenoxy) is 1. The van der Waals surface area contributed by atoms with Crippen molar-refractivity contribution in [1.29, 1.82) is 0 Å². The number of hydrogen-bond acceptors (Lipinski definition) is 5. The predicted octanol–water partition coefficient (Wildman–Crippen LogP) is 3.21. The lowest BCUT2D eigenvalue weighted by Crippen LogP contribution is -2.38. The lowest BCUT2D eigenvalue weighted by molar-refractivity contribution is 0.0637. The third-order valence-corrected chi connectivity index (χ3v) is 5.66. The van der Waals surface area contributed by atoms with E-state index in [0.717, 1.165) is 44.8 Å². The molecule has 31 heavy (non-hydrogen) atoms. The zero-order valence-electron chi connectivity index (χ0n) is 17.9. The molecule has 3 aromatic rings. The Hall–Kier alpha value is -2.73. The molecule has 2 heterocycles. The van der Waals surface area contributed by atoms with Crippen LogP contribution in [0.2, 0.25) is 0 Å². The third-order valence-electron chi connectivity index (χ3n) is 5.66. The summed E-state index contributed by atoms with van der Waals surface area (Å²) in [5, 5.41) is 13.9. The maximum atomic E-state index is 10.5. The lowest BCUT2D eigenvalue weighted by Gasteiger charge is -2.30. The number of benzene rings is 2. The van der Waals surface area contributed by atoms with Gasteiger partial charge in [-0.3, -0.25) is 9.88 Å². The molecular weight excluding hydrogens is 386 g/mol. The summed E-state index contributed by atoms with van der Waals surface area (Å²) in [4.78, 5) is 6.45. The zero-order chi connectivity index (χ0) is 21.3. The molecular formula is C26H31N3O2. The first kappa shape index (κ1) is 21.5. The molecule has 2 aromatic carbocycles. The first-order chi connectivity index (χ1) is 15.3. The van der Waals surface area contributed by atoms with Gasteiger partial charge in [-0.05, 0) is 59.8 Å². The van der Waals surface area contributed by atoms with Crippen LogP contribution in [0.3, 0.4) is 0 Å². The van der Waals surface area contributed by atoms with Gasteiger partial charge in [-0.1, -0.05) is 42.5 Å². The minimum atomic E-state index is -0.508. The number of aliphatic hydroxyl groups excluding tert-OH is 1. The van der Waals surface area contributed by atoms with Gasteiger partial charge in [0.2, 0.25) is 0 Å². The molecule has 0 aliphatic carbocycles. The van der Waals surface area contributed by atoms with Crippen molar-refractivity contribution >= 4 is 0 Å². The summed E-state index contributed by atoms with van der Waals surface area (Å²) in [5.74, 6) is 0.801. The monoisotopic (exact) mass is 417 g/mol. The van der Waals surface area contributed by atoms with Crippen molar-refractivity contribution in [2.75, 3.05) is 26.2 Å². The van der Waals surface area contributed by atoms with Crippen LogP contribution >= 0.6 is 0 Å². The molecule has 0 amide bonds. The van der Waals surface area contributed by atoms with Gasteiger partial charge in [-0.15, -0.1) is 0 Å². The Kier molecular flexibility index (Phi) is 7.66. The maximum absolute atomic E-state index is 10.5. The van der Waals surface area contributed by atoms with Crippen molar-refractivity contribution in [2.24, 2.45) is 0 Å². The summed E-state index contributed by atoms with van der Waals surface area (Å²) in [5.41, 5.74) is 5.20. The van der Waals surface area contributed by atoms with Crippen molar-refractivity contribution < 1.29 is 9.84 Å². The SMILES string of the molecule is O[C@@H](COc1cccc(CNCCc2cccnc2)c1)CN1CCc2ccccc2C1. The van der Waals surface area contributed by atoms with Crippen LogP contribution in [-0.4, -0.2) is 47.3 Å². The highest BCUT2D eigenvalue weighted by molar-refractivity contribution is 5.29. The second-order valence-corrected chi connectivity index (χ2v) is 8.15. The number of β-amino-alcohol motifs (C(OH)–C–C–N with tert-alkyl or cyclic N) is 1. The normalized spacial score (nSPS) is 14.7. The average Bonchev–Trinajstić information content (AvgIpc) is 2.81. The van der Waals surface area contributed by atoms with E-state index in [2.05, 4.69) is 51.6 Å². The quantitative estimate of drug-likeness (QED) is 0.496. The smallest absolute Gasteiger partial charge is 0.119 e. The number of fused-ring (bicyclic) bond motifs is 1. The van der Waals surface area contributed by atoms with E-state index in [4.69, 9.17) is 4.74 Å². The van der Waals surface area contributed by atoms with Crippen molar-refractivity contribution in [3.63, 3.8) is 0 Å². The molecule has 1 aromatic heterocycles. The van der Waals surface area contributed by atoms with Crippen LogP contribution in [0.15, 0.2) is 73.1 Å². The predicted molar refractivity (Wildman–Crippen MR) is 123 cm³/mol. The number of aliphatic hydroxyl groups is 1. The first-order valence-corrected chi connectivity index (χ1v) is 11.0. The second kappa shape index (κ2) is 11.0. The van der Waals surface area contributed by atoms with Crippen LogP contribution < -0.4 is 10.1 Å². The Bertz CT molecular complexity index is 948. The molecule has 0 unspecified atom stereocenters. The topological polar surface area (TPSA) is 57.6 Å². The minimum Gasteiger partial charge on any atom is -0.491 e. The summed E-state index contributed by atoms with van der Waals surface area (Å²) >= 11 is 0. The van der Waals surface area contributed by atoms with Crippen molar-refractivity contribution in [2.45, 2.75) is 32.0 Å². The Morgan fingerprint density at radius 2 is 1.90 bits per heavy atom. The maximum Gasteiger partial charge on any atom is 0.119 e. The molecule has 0 saturated carbocycles. The Morgan fingerprint density at radius 3 is 2.77 bits per heavy atom. The van der Waals surface area contributed by atoms with Gasteiger partial charge in [-0.25, -0.2) is 0 Å². The summed E-state index contributed by atoms with van der Waals surface area (Å²) in [6.45, 7) is 4.49. The molecule has 0 fully saturated rings. The number of rotatable bonds is 10. The van der Waals surface area contributed by atoms with Gasteiger partial charge in [0.25, 0.3) is 0 Å². The highest BCUT2D eigenvalue weighted by Gasteiger charge is 2.18. The van der Waals surface area contributed by atoms with Gasteiger partial charge in [0, 0.05) is 38.6 Å². The number of aromatic nitrogens is 1. The fourth-order valence-corrected chi connectivity index (χ4v) is 4.01. The molecule has 1 aliphatic heterocycles. The van der Waals surface area contributed by atoms with Crippen molar-refractivity contribution in [1.82, 2.24) is 15.2 Å². The van der Waals surface area contributed by atoms with E-state index in [1.165, 1.54) is 22.3 Å². The Labute approximate surface area is 184 Å². The van der Waals surface area contributed by atoms with E-state index in [0.29, 0.717) is 13.2 Å². The van der Waals surface area contributed by atoms with E-state index in [1.54, 1.807) is 6.20 Å². The molecule has 2 N–H and O–H groups in total. The Balaban J connectivity index is 1.18. The molecule has 1 atom stereocenters. The van der Waals surface area contributed by atoms with Gasteiger partial charge in [0.05, 0.1) is 0 Å². The van der Waals surface area contributed by atoms with Crippen LogP contribution in [0.5, 0.6) is 5.75 Å². The molecule has 0 bridgehead atoms. The van der Waals surface area contributed by atoms with Gasteiger partial charge in [0.15, 0.2) is 0 Å². The van der Waals surface area contributed by atoms with Crippen LogP contribution in [0.4, 0.5) is 0 Å². The highest BCUT2D eigenvalue weighted by Crippen LogP contribution is 2.19. The van der Waals surface area contributed by atoms with Crippen molar-refractivity contribution in [3.8, 4) is 5.75 Å².